The van der Waals surface area contributed by atoms with Gasteiger partial charge in [0.1, 0.15) is 5.69 Å². The third kappa shape index (κ3) is 3.47. The maximum atomic E-state index is 11.1. The van der Waals surface area contributed by atoms with Gasteiger partial charge in [0.05, 0.1) is 23.1 Å². The van der Waals surface area contributed by atoms with E-state index in [-0.39, 0.29) is 0 Å². The van der Waals surface area contributed by atoms with E-state index in [9.17, 15) is 4.79 Å². The number of hydrogen-bond acceptors (Lipinski definition) is 4. The number of aromatic nitrogens is 4. The molecule has 0 aliphatic heterocycles. The van der Waals surface area contributed by atoms with E-state index < -0.39 is 0 Å². The standard InChI is InChI=1S/C22H24N6O/c1-4-10-23-22-17(6-5-7-19(22)24-14-29)15-8-9-20-18(11-15)21(26-28(20)3)16-12-25-27(2)13-16/h5-9,11-14,23H,4,10H2,1-3H3,(H,24,29). The molecule has 0 radical (unpaired) electrons. The van der Waals surface area contributed by atoms with Crippen molar-refractivity contribution in [3.05, 3.63) is 48.8 Å². The third-order valence-electron chi connectivity index (χ3n) is 4.97. The van der Waals surface area contributed by atoms with Crippen molar-refractivity contribution < 1.29 is 4.79 Å². The largest absolute Gasteiger partial charge is 0.383 e. The van der Waals surface area contributed by atoms with Gasteiger partial charge in [-0.3, -0.25) is 14.2 Å². The van der Waals surface area contributed by atoms with Gasteiger partial charge in [-0.05, 0) is 30.2 Å². The Labute approximate surface area is 169 Å². The molecule has 0 atom stereocenters. The van der Waals surface area contributed by atoms with Crippen LogP contribution in [0.25, 0.3) is 33.3 Å². The summed E-state index contributed by atoms with van der Waals surface area (Å²) in [7, 11) is 3.85. The molecule has 2 aromatic heterocycles. The van der Waals surface area contributed by atoms with E-state index in [1.807, 2.05) is 43.3 Å². The zero-order valence-electron chi connectivity index (χ0n) is 16.8. The van der Waals surface area contributed by atoms with Crippen molar-refractivity contribution >= 4 is 28.7 Å². The molecular weight excluding hydrogens is 364 g/mol. The van der Waals surface area contributed by atoms with Gasteiger partial charge in [-0.25, -0.2) is 0 Å². The highest BCUT2D eigenvalue weighted by Crippen LogP contribution is 2.37. The fourth-order valence-corrected chi connectivity index (χ4v) is 3.61. The SMILES string of the molecule is CCCNc1c(NC=O)cccc1-c1ccc2c(c1)c(-c1cnn(C)c1)nn2C. The Kier molecular flexibility index (Phi) is 5.03. The number of rotatable bonds is 7. The van der Waals surface area contributed by atoms with E-state index in [0.29, 0.717) is 6.41 Å². The number of anilines is 2. The van der Waals surface area contributed by atoms with Crippen LogP contribution in [0.2, 0.25) is 0 Å². The average Bonchev–Trinajstić information content (AvgIpc) is 3.30. The number of para-hydroxylation sites is 1. The second-order valence-electron chi connectivity index (χ2n) is 7.02. The lowest BCUT2D eigenvalue weighted by Gasteiger charge is -2.16. The van der Waals surface area contributed by atoms with Gasteiger partial charge in [0.25, 0.3) is 0 Å². The highest BCUT2D eigenvalue weighted by molar-refractivity contribution is 5.98. The van der Waals surface area contributed by atoms with Gasteiger partial charge in [-0.15, -0.1) is 0 Å². The van der Waals surface area contributed by atoms with Crippen LogP contribution in [0.3, 0.4) is 0 Å². The van der Waals surface area contributed by atoms with E-state index in [4.69, 9.17) is 5.10 Å². The van der Waals surface area contributed by atoms with Crippen LogP contribution < -0.4 is 10.6 Å². The van der Waals surface area contributed by atoms with Crippen molar-refractivity contribution in [3.63, 3.8) is 0 Å². The number of aryl methyl sites for hydroxylation is 2. The summed E-state index contributed by atoms with van der Waals surface area (Å²) in [6.45, 7) is 2.94. The van der Waals surface area contributed by atoms with Crippen LogP contribution in [0.1, 0.15) is 13.3 Å². The Morgan fingerprint density at radius 3 is 2.72 bits per heavy atom. The molecule has 2 heterocycles. The summed E-state index contributed by atoms with van der Waals surface area (Å²) >= 11 is 0. The summed E-state index contributed by atoms with van der Waals surface area (Å²) in [6.07, 6.45) is 5.50. The zero-order valence-corrected chi connectivity index (χ0v) is 16.8. The molecule has 0 saturated heterocycles. The van der Waals surface area contributed by atoms with Crippen LogP contribution >= 0.6 is 0 Å². The molecule has 1 amide bonds. The molecule has 0 spiro atoms. The summed E-state index contributed by atoms with van der Waals surface area (Å²) in [5.74, 6) is 0. The number of carbonyl (C=O) groups is 1. The summed E-state index contributed by atoms with van der Waals surface area (Å²) in [4.78, 5) is 11.1. The van der Waals surface area contributed by atoms with Crippen molar-refractivity contribution in [2.24, 2.45) is 14.1 Å². The Bertz CT molecular complexity index is 1170. The molecule has 7 nitrogen and oxygen atoms in total. The molecule has 148 valence electrons. The van der Waals surface area contributed by atoms with Crippen LogP contribution in [0.15, 0.2) is 48.8 Å². The minimum Gasteiger partial charge on any atom is -0.383 e. The van der Waals surface area contributed by atoms with Gasteiger partial charge in [0.15, 0.2) is 0 Å². The molecule has 29 heavy (non-hydrogen) atoms. The highest BCUT2D eigenvalue weighted by Gasteiger charge is 2.15. The first-order chi connectivity index (χ1) is 14.1. The summed E-state index contributed by atoms with van der Waals surface area (Å²) < 4.78 is 3.67. The van der Waals surface area contributed by atoms with Crippen molar-refractivity contribution in [3.8, 4) is 22.4 Å². The average molecular weight is 388 g/mol. The van der Waals surface area contributed by atoms with Gasteiger partial charge in [-0.2, -0.15) is 10.2 Å². The number of hydrogen-bond donors (Lipinski definition) is 2. The number of nitrogens with one attached hydrogen (secondary N) is 2. The summed E-state index contributed by atoms with van der Waals surface area (Å²) in [5, 5.41) is 16.3. The van der Waals surface area contributed by atoms with E-state index in [1.165, 1.54) is 0 Å². The number of benzene rings is 2. The second kappa shape index (κ2) is 7.79. The Balaban J connectivity index is 1.88. The zero-order chi connectivity index (χ0) is 20.4. The Morgan fingerprint density at radius 1 is 1.14 bits per heavy atom. The summed E-state index contributed by atoms with van der Waals surface area (Å²) in [5.41, 5.74) is 6.73. The summed E-state index contributed by atoms with van der Waals surface area (Å²) in [6, 6.07) is 12.2. The minimum atomic E-state index is 0.709. The van der Waals surface area contributed by atoms with Crippen LogP contribution in [0.4, 0.5) is 11.4 Å². The monoisotopic (exact) mass is 388 g/mol. The van der Waals surface area contributed by atoms with Crippen molar-refractivity contribution in [1.29, 1.82) is 0 Å². The molecule has 0 aliphatic rings. The fourth-order valence-electron chi connectivity index (χ4n) is 3.61. The quantitative estimate of drug-likeness (QED) is 0.469. The molecule has 0 aliphatic carbocycles. The van der Waals surface area contributed by atoms with E-state index in [1.54, 1.807) is 4.68 Å². The number of fused-ring (bicyclic) bond motifs is 1. The molecule has 2 N–H and O–H groups in total. The predicted molar refractivity (Wildman–Crippen MR) is 117 cm³/mol. The molecule has 0 fully saturated rings. The minimum absolute atomic E-state index is 0.709. The second-order valence-corrected chi connectivity index (χ2v) is 7.02. The molecule has 7 heteroatoms. The first-order valence-corrected chi connectivity index (χ1v) is 9.65. The van der Waals surface area contributed by atoms with Crippen LogP contribution in [0.5, 0.6) is 0 Å². The number of amides is 1. The van der Waals surface area contributed by atoms with Crippen molar-refractivity contribution in [1.82, 2.24) is 19.6 Å². The highest BCUT2D eigenvalue weighted by atomic mass is 16.1. The normalized spacial score (nSPS) is 11.0. The van der Waals surface area contributed by atoms with Crippen molar-refractivity contribution in [2.45, 2.75) is 13.3 Å². The lowest BCUT2D eigenvalue weighted by molar-refractivity contribution is -0.105. The first kappa shape index (κ1) is 18.7. The van der Waals surface area contributed by atoms with Crippen LogP contribution in [0, 0.1) is 0 Å². The van der Waals surface area contributed by atoms with Gasteiger partial charge >= 0.3 is 0 Å². The maximum Gasteiger partial charge on any atom is 0.211 e. The van der Waals surface area contributed by atoms with Gasteiger partial charge in [0.2, 0.25) is 6.41 Å². The van der Waals surface area contributed by atoms with Gasteiger partial charge in [0, 0.05) is 43.4 Å². The Hall–Kier alpha value is -3.61. The van der Waals surface area contributed by atoms with E-state index in [0.717, 1.165) is 57.6 Å². The lowest BCUT2D eigenvalue weighted by atomic mass is 9.99. The van der Waals surface area contributed by atoms with Crippen LogP contribution in [-0.4, -0.2) is 32.5 Å². The fraction of sp³-hybridized carbons (Fsp3) is 0.227. The first-order valence-electron chi connectivity index (χ1n) is 9.65. The molecule has 0 saturated carbocycles. The maximum absolute atomic E-state index is 11.1. The molecule has 4 aromatic rings. The van der Waals surface area contributed by atoms with Crippen LogP contribution in [-0.2, 0) is 18.9 Å². The number of carbonyl (C=O) groups excluding carboxylic acids is 1. The number of nitrogens with zero attached hydrogens (tertiary/aromatic N) is 4. The molecule has 2 aromatic carbocycles. The Morgan fingerprint density at radius 2 is 2.00 bits per heavy atom. The van der Waals surface area contributed by atoms with Crippen molar-refractivity contribution in [2.75, 3.05) is 17.2 Å². The van der Waals surface area contributed by atoms with E-state index in [2.05, 4.69) is 46.9 Å². The molecule has 0 unspecified atom stereocenters. The molecule has 0 bridgehead atoms. The lowest BCUT2D eigenvalue weighted by Crippen LogP contribution is -2.06. The van der Waals surface area contributed by atoms with E-state index >= 15 is 0 Å². The smallest absolute Gasteiger partial charge is 0.211 e. The van der Waals surface area contributed by atoms with Gasteiger partial charge in [-0.1, -0.05) is 25.1 Å². The molecular formula is C22H24N6O. The molecule has 4 rings (SSSR count). The van der Waals surface area contributed by atoms with Gasteiger partial charge < -0.3 is 10.6 Å². The predicted octanol–water partition coefficient (Wildman–Crippen LogP) is 4.03. The topological polar surface area (TPSA) is 76.8 Å². The third-order valence-corrected chi connectivity index (χ3v) is 4.97.